The van der Waals surface area contributed by atoms with Crippen molar-refractivity contribution in [2.75, 3.05) is 7.11 Å². The van der Waals surface area contributed by atoms with Gasteiger partial charge in [0.1, 0.15) is 17.4 Å². The molecule has 4 nitrogen and oxygen atoms in total. The molecule has 0 aromatic heterocycles. The molecule has 0 amide bonds. The first-order valence-corrected chi connectivity index (χ1v) is 16.8. The zero-order chi connectivity index (χ0) is 34.8. The lowest BCUT2D eigenvalue weighted by molar-refractivity contribution is -0.147. The van der Waals surface area contributed by atoms with Crippen LogP contribution in [0.3, 0.4) is 0 Å². The van der Waals surface area contributed by atoms with Crippen LogP contribution >= 0.6 is 0 Å². The molecular weight excluding hydrogens is 580 g/mol. The van der Waals surface area contributed by atoms with E-state index in [0.717, 1.165) is 45.0 Å². The molecule has 0 aliphatic heterocycles. The molecule has 4 rings (SSSR count). The Morgan fingerprint density at radius 1 is 0.826 bits per heavy atom. The summed E-state index contributed by atoms with van der Waals surface area (Å²) in [5, 5.41) is 5.70. The fraction of sp³-hybridized carbons (Fsp3) is 0.425. The monoisotopic (exact) mass is 637 g/mol. The van der Waals surface area contributed by atoms with Crippen molar-refractivity contribution in [1.29, 1.82) is 0 Å². The van der Waals surface area contributed by atoms with E-state index in [9.17, 15) is 13.6 Å². The van der Waals surface area contributed by atoms with Crippen LogP contribution in [0.2, 0.25) is 0 Å². The summed E-state index contributed by atoms with van der Waals surface area (Å²) >= 11 is 0. The summed E-state index contributed by atoms with van der Waals surface area (Å²) < 4.78 is 39.5. The van der Waals surface area contributed by atoms with Crippen LogP contribution in [0, 0.1) is 11.6 Å². The molecule has 4 aromatic carbocycles. The van der Waals surface area contributed by atoms with Gasteiger partial charge in [0.25, 0.3) is 0 Å². The Morgan fingerprint density at radius 3 is 2.11 bits per heavy atom. The number of fused-ring (bicyclic) bond motifs is 1. The van der Waals surface area contributed by atoms with Crippen molar-refractivity contribution in [3.8, 4) is 16.9 Å². The lowest BCUT2D eigenvalue weighted by atomic mass is 9.91. The molecule has 0 bridgehead atoms. The number of aryl methyl sites for hydroxylation is 1. The Hall–Kier alpha value is -3.77. The molecule has 4 aromatic rings. The minimum Gasteiger partial charge on any atom is -0.497 e. The van der Waals surface area contributed by atoms with Crippen LogP contribution in [0.5, 0.6) is 5.75 Å². The van der Waals surface area contributed by atoms with Crippen molar-refractivity contribution < 1.29 is 24.5 Å². The highest BCUT2D eigenvalue weighted by Gasteiger charge is 2.18. The number of rotatable bonds is 11. The van der Waals surface area contributed by atoms with E-state index in [2.05, 4.69) is 30.4 Å². The molecule has 254 valence electrons. The highest BCUT2D eigenvalue weighted by Crippen LogP contribution is 2.35. The third-order valence-electron chi connectivity index (χ3n) is 7.03. The maximum atomic E-state index is 14.9. The summed E-state index contributed by atoms with van der Waals surface area (Å²) in [5.74, 6) is -0.513. The van der Waals surface area contributed by atoms with Gasteiger partial charge in [0.15, 0.2) is 0 Å². The van der Waals surface area contributed by atoms with Crippen molar-refractivity contribution in [2.45, 2.75) is 107 Å². The van der Waals surface area contributed by atoms with E-state index in [1.807, 2.05) is 92.6 Å². The molecule has 46 heavy (non-hydrogen) atoms. The number of nitrogens with one attached hydrogen (secondary N) is 1. The predicted octanol–water partition coefficient (Wildman–Crippen LogP) is 11.8. The van der Waals surface area contributed by atoms with E-state index in [0.29, 0.717) is 12.2 Å². The molecule has 0 aliphatic rings. The Labute approximate surface area is 278 Å². The number of carbonyl (C=O) groups excluding carboxylic acids is 1. The van der Waals surface area contributed by atoms with Gasteiger partial charge in [-0.25, -0.2) is 8.78 Å². The number of ether oxygens (including phenoxy) is 2. The number of esters is 1. The number of carbonyl (C=O) groups is 1. The van der Waals surface area contributed by atoms with Crippen molar-refractivity contribution in [3.63, 3.8) is 0 Å². The molecule has 0 saturated heterocycles. The van der Waals surface area contributed by atoms with E-state index >= 15 is 0 Å². The zero-order valence-electron chi connectivity index (χ0n) is 29.8. The Bertz CT molecular complexity index is 1490. The smallest absolute Gasteiger partial charge is 0.306 e. The largest absolute Gasteiger partial charge is 0.497 e. The number of halogens is 2. The first kappa shape index (κ1) is 40.3. The van der Waals surface area contributed by atoms with E-state index in [-0.39, 0.29) is 43.6 Å². The maximum Gasteiger partial charge on any atom is 0.306 e. The number of hydrogen-bond acceptors (Lipinski definition) is 4. The second-order valence-corrected chi connectivity index (χ2v) is 10.4. The van der Waals surface area contributed by atoms with Gasteiger partial charge in [-0.2, -0.15) is 0 Å². The van der Waals surface area contributed by atoms with E-state index in [4.69, 9.17) is 9.47 Å². The average molecular weight is 638 g/mol. The lowest BCUT2D eigenvalue weighted by Gasteiger charge is -2.25. The van der Waals surface area contributed by atoms with E-state index in [1.165, 1.54) is 31.4 Å². The Morgan fingerprint density at radius 2 is 1.48 bits per heavy atom. The topological polar surface area (TPSA) is 47.6 Å². The summed E-state index contributed by atoms with van der Waals surface area (Å²) in [4.78, 5) is 12.1. The molecule has 0 radical (unpaired) electrons. The third kappa shape index (κ3) is 11.9. The molecule has 1 N–H and O–H groups in total. The SMILES string of the molecule is CC.CC.CC.CCC(N[C@H](C)c1cc(F)cc(OC)c1)c1cc(-c2cc(F)cc(CCC(=O)OC(C)C)c2)c2ccccc2c1.[HH]. The van der Waals surface area contributed by atoms with Gasteiger partial charge in [0.2, 0.25) is 0 Å². The number of methoxy groups -OCH3 is 1. The molecule has 0 spiro atoms. The van der Waals surface area contributed by atoms with Gasteiger partial charge in [-0.3, -0.25) is 4.79 Å². The first-order chi connectivity index (χ1) is 22.2. The molecule has 0 fully saturated rings. The first-order valence-electron chi connectivity index (χ1n) is 16.8. The number of hydrogen-bond donors (Lipinski definition) is 1. The fourth-order valence-electron chi connectivity index (χ4n) is 5.09. The average Bonchev–Trinajstić information content (AvgIpc) is 3.07. The second kappa shape index (κ2) is 21.1. The summed E-state index contributed by atoms with van der Waals surface area (Å²) in [5.41, 5.74) is 4.26. The molecule has 0 aliphatic carbocycles. The maximum absolute atomic E-state index is 14.9. The molecule has 2 atom stereocenters. The quantitative estimate of drug-likeness (QED) is 0.166. The molecule has 0 heterocycles. The van der Waals surface area contributed by atoms with Gasteiger partial charge in [-0.15, -0.1) is 0 Å². The van der Waals surface area contributed by atoms with Crippen molar-refractivity contribution in [2.24, 2.45) is 0 Å². The predicted molar refractivity (Wildman–Crippen MR) is 193 cm³/mol. The molecule has 1 unspecified atom stereocenters. The van der Waals surface area contributed by atoms with Crippen LogP contribution in [0.4, 0.5) is 8.78 Å². The molecular formula is C40H57F2NO3. The van der Waals surface area contributed by atoms with Gasteiger partial charge in [0, 0.05) is 26.0 Å². The van der Waals surface area contributed by atoms with Gasteiger partial charge in [-0.1, -0.05) is 78.8 Å². The zero-order valence-corrected chi connectivity index (χ0v) is 29.8. The van der Waals surface area contributed by atoms with Gasteiger partial charge in [0.05, 0.1) is 13.2 Å². The highest BCUT2D eigenvalue weighted by atomic mass is 19.1. The summed E-state index contributed by atoms with van der Waals surface area (Å²) in [7, 11) is 1.53. The second-order valence-electron chi connectivity index (χ2n) is 10.4. The van der Waals surface area contributed by atoms with E-state index < -0.39 is 0 Å². The van der Waals surface area contributed by atoms with Gasteiger partial charge >= 0.3 is 5.97 Å². The Balaban J connectivity index is 0.00000286. The summed E-state index contributed by atoms with van der Waals surface area (Å²) in [6.07, 6.45) is 1.19. The molecule has 0 saturated carbocycles. The third-order valence-corrected chi connectivity index (χ3v) is 7.03. The van der Waals surface area contributed by atoms with Crippen molar-refractivity contribution in [1.82, 2.24) is 5.32 Å². The number of benzene rings is 4. The summed E-state index contributed by atoms with van der Waals surface area (Å²) in [6.45, 7) is 19.7. The van der Waals surface area contributed by atoms with Gasteiger partial charge in [-0.05, 0) is 109 Å². The normalized spacial score (nSPS) is 11.6. The Kier molecular flexibility index (Phi) is 18.5. The van der Waals surface area contributed by atoms with Crippen LogP contribution in [-0.4, -0.2) is 19.2 Å². The van der Waals surface area contributed by atoms with E-state index in [1.54, 1.807) is 0 Å². The van der Waals surface area contributed by atoms with Crippen LogP contribution in [0.15, 0.2) is 72.8 Å². The van der Waals surface area contributed by atoms with Gasteiger partial charge < -0.3 is 14.8 Å². The van der Waals surface area contributed by atoms with Crippen molar-refractivity contribution in [3.05, 3.63) is 101 Å². The fourth-order valence-corrected chi connectivity index (χ4v) is 5.09. The van der Waals surface area contributed by atoms with Crippen LogP contribution in [-0.2, 0) is 16.0 Å². The summed E-state index contributed by atoms with van der Waals surface area (Å²) in [6, 6.07) is 21.8. The standard InChI is InChI=1S/C34H37F2NO3.3C2H6.H2/c1-6-33(37-22(4)25-16-29(36)20-30(18-25)39-5)27-15-24-9-7-8-10-31(24)32(19-27)26-13-23(14-28(35)17-26)11-12-34(38)40-21(2)3;3*1-2;/h7-10,13-22,33,37H,6,11-12H2,1-5H3;3*1-2H3;1H/t22-,33?;;;;/m1..../s1. The van der Waals surface area contributed by atoms with Crippen LogP contribution < -0.4 is 10.1 Å². The minimum absolute atomic E-state index is 0. The van der Waals surface area contributed by atoms with Crippen LogP contribution in [0.1, 0.15) is 112 Å². The van der Waals surface area contributed by atoms with Crippen molar-refractivity contribution >= 4 is 16.7 Å². The minimum atomic E-state index is -0.349. The molecule has 6 heteroatoms. The van der Waals surface area contributed by atoms with Crippen LogP contribution in [0.25, 0.3) is 21.9 Å². The lowest BCUT2D eigenvalue weighted by Crippen LogP contribution is -2.24. The highest BCUT2D eigenvalue weighted by molar-refractivity contribution is 5.97.